The van der Waals surface area contributed by atoms with E-state index in [1.54, 1.807) is 12.5 Å². The van der Waals surface area contributed by atoms with Gasteiger partial charge in [-0.05, 0) is 37.8 Å². The van der Waals surface area contributed by atoms with Crippen molar-refractivity contribution in [3.63, 3.8) is 0 Å². The molecular weight excluding hydrogens is 416 g/mol. The van der Waals surface area contributed by atoms with Crippen molar-refractivity contribution in [3.05, 3.63) is 60.1 Å². The van der Waals surface area contributed by atoms with Crippen LogP contribution in [0.4, 0.5) is 11.5 Å². The number of aromatic amines is 1. The van der Waals surface area contributed by atoms with Crippen molar-refractivity contribution >= 4 is 28.4 Å². The molecule has 0 saturated heterocycles. The van der Waals surface area contributed by atoms with E-state index in [0.29, 0.717) is 12.5 Å². The molecule has 2 atom stereocenters. The van der Waals surface area contributed by atoms with Crippen molar-refractivity contribution in [2.75, 3.05) is 18.0 Å². The monoisotopic (exact) mass is 442 g/mol. The van der Waals surface area contributed by atoms with Crippen LogP contribution in [0.15, 0.2) is 43.0 Å². The number of para-hydroxylation sites is 1. The third-order valence-electron chi connectivity index (χ3n) is 7.01. The predicted molar refractivity (Wildman–Crippen MR) is 124 cm³/mol. The number of aromatic nitrogens is 6. The molecule has 6 rings (SSSR count). The molecule has 168 valence electrons. The first kappa shape index (κ1) is 19.9. The summed E-state index contributed by atoms with van der Waals surface area (Å²) in [4.78, 5) is 28.3. The highest BCUT2D eigenvalue weighted by Gasteiger charge is 2.31. The topological polar surface area (TPSA) is 105 Å². The minimum atomic E-state index is 0.00755. The van der Waals surface area contributed by atoms with Crippen LogP contribution in [0.5, 0.6) is 0 Å². The number of hydrogen-bond acceptors (Lipinski definition) is 6. The lowest BCUT2D eigenvalue weighted by Crippen LogP contribution is -2.37. The van der Waals surface area contributed by atoms with Crippen molar-refractivity contribution in [1.82, 2.24) is 35.0 Å². The Morgan fingerprint density at radius 1 is 1.18 bits per heavy atom. The summed E-state index contributed by atoms with van der Waals surface area (Å²) in [5.41, 5.74) is 4.41. The first-order valence-corrected chi connectivity index (χ1v) is 11.5. The Balaban J connectivity index is 1.14. The molecule has 33 heavy (non-hydrogen) atoms. The Morgan fingerprint density at radius 2 is 2.09 bits per heavy atom. The number of H-pyrrole nitrogens is 1. The molecule has 0 aliphatic carbocycles. The molecule has 9 heteroatoms. The van der Waals surface area contributed by atoms with Crippen LogP contribution >= 0.6 is 0 Å². The van der Waals surface area contributed by atoms with E-state index in [2.05, 4.69) is 64.2 Å². The van der Waals surface area contributed by atoms with Gasteiger partial charge < -0.3 is 14.8 Å². The summed E-state index contributed by atoms with van der Waals surface area (Å²) in [7, 11) is 0. The number of carbonyl (C=O) groups is 1. The summed E-state index contributed by atoms with van der Waals surface area (Å²) in [5.74, 6) is 2.32. The van der Waals surface area contributed by atoms with Gasteiger partial charge in [-0.2, -0.15) is 5.10 Å². The van der Waals surface area contributed by atoms with Gasteiger partial charge in [-0.15, -0.1) is 0 Å². The zero-order valence-electron chi connectivity index (χ0n) is 18.5. The van der Waals surface area contributed by atoms with E-state index < -0.39 is 0 Å². The fourth-order valence-electron chi connectivity index (χ4n) is 5.24. The van der Waals surface area contributed by atoms with Gasteiger partial charge in [0, 0.05) is 43.1 Å². The summed E-state index contributed by atoms with van der Waals surface area (Å²) in [6.07, 6.45) is 7.95. The highest BCUT2D eigenvalue weighted by molar-refractivity contribution is 5.90. The summed E-state index contributed by atoms with van der Waals surface area (Å²) >= 11 is 0. The summed E-state index contributed by atoms with van der Waals surface area (Å²) in [6.45, 7) is 4.19. The number of hydrogen-bond donors (Lipinski definition) is 2. The van der Waals surface area contributed by atoms with Gasteiger partial charge in [-0.3, -0.25) is 9.89 Å². The second-order valence-corrected chi connectivity index (χ2v) is 8.92. The summed E-state index contributed by atoms with van der Waals surface area (Å²) in [6, 6.07) is 8.45. The summed E-state index contributed by atoms with van der Waals surface area (Å²) < 4.78 is 2.18. The van der Waals surface area contributed by atoms with E-state index in [0.717, 1.165) is 60.7 Å². The lowest BCUT2D eigenvalue weighted by molar-refractivity contribution is -0.125. The molecule has 9 nitrogen and oxygen atoms in total. The molecule has 0 radical (unpaired) electrons. The van der Waals surface area contributed by atoms with Gasteiger partial charge in [0.15, 0.2) is 5.65 Å². The molecule has 2 aliphatic heterocycles. The molecule has 0 spiro atoms. The highest BCUT2D eigenvalue weighted by atomic mass is 16.1. The van der Waals surface area contributed by atoms with Crippen LogP contribution in [-0.4, -0.2) is 48.7 Å². The average molecular weight is 443 g/mol. The first-order chi connectivity index (χ1) is 16.2. The molecule has 4 aromatic rings. The normalized spacial score (nSPS) is 19.5. The van der Waals surface area contributed by atoms with Crippen molar-refractivity contribution in [2.45, 2.75) is 38.6 Å². The maximum Gasteiger partial charge on any atom is 0.224 e. The quantitative estimate of drug-likeness (QED) is 0.493. The fourth-order valence-corrected chi connectivity index (χ4v) is 5.24. The van der Waals surface area contributed by atoms with Crippen LogP contribution < -0.4 is 10.2 Å². The van der Waals surface area contributed by atoms with E-state index in [1.165, 1.54) is 11.3 Å². The van der Waals surface area contributed by atoms with Crippen LogP contribution in [0.25, 0.3) is 11.0 Å². The van der Waals surface area contributed by atoms with E-state index in [1.807, 2.05) is 13.1 Å². The third-order valence-corrected chi connectivity index (χ3v) is 7.01. The molecule has 1 aromatic carbocycles. The minimum absolute atomic E-state index is 0.00755. The van der Waals surface area contributed by atoms with Crippen LogP contribution in [0.3, 0.4) is 0 Å². The van der Waals surface area contributed by atoms with Gasteiger partial charge in [0.05, 0.1) is 17.5 Å². The Hall–Kier alpha value is -3.75. The van der Waals surface area contributed by atoms with Crippen molar-refractivity contribution in [2.24, 2.45) is 5.92 Å². The Kier molecular flexibility index (Phi) is 4.82. The number of nitrogens with one attached hydrogen (secondary N) is 2. The Labute approximate surface area is 191 Å². The van der Waals surface area contributed by atoms with Gasteiger partial charge in [-0.1, -0.05) is 18.2 Å². The van der Waals surface area contributed by atoms with E-state index in [4.69, 9.17) is 0 Å². The molecule has 0 bridgehead atoms. The lowest BCUT2D eigenvalue weighted by atomic mass is 9.96. The highest BCUT2D eigenvalue weighted by Crippen LogP contribution is 2.42. The average Bonchev–Trinajstić information content (AvgIpc) is 3.56. The number of fused-ring (bicyclic) bond motifs is 3. The Morgan fingerprint density at radius 3 is 3.03 bits per heavy atom. The van der Waals surface area contributed by atoms with Crippen LogP contribution in [0.2, 0.25) is 0 Å². The van der Waals surface area contributed by atoms with Gasteiger partial charge in [0.2, 0.25) is 5.91 Å². The van der Waals surface area contributed by atoms with Gasteiger partial charge in [0.1, 0.15) is 18.0 Å². The van der Waals surface area contributed by atoms with E-state index in [-0.39, 0.29) is 11.8 Å². The molecule has 1 amide bonds. The van der Waals surface area contributed by atoms with E-state index in [9.17, 15) is 4.79 Å². The lowest BCUT2D eigenvalue weighted by Gasteiger charge is -2.24. The maximum absolute atomic E-state index is 12.9. The SMILES string of the molecule is Cc1ncc2n1CC(C(=O)NCCC1CN(c3ncnc4[nH]ncc34)c3ccccc31)CC2. The standard InChI is InChI=1S/C24H26N8O/c1-15-26-10-18-7-6-17(13-31(15)18)24(33)25-9-8-16-12-32(21-5-3-2-4-19(16)21)23-20-11-29-30-22(20)27-14-28-23/h2-5,10-11,14,16-17H,6-9,12-13H2,1H3,(H,25,33)(H,27,28,29,30). The number of rotatable bonds is 5. The molecule has 3 aromatic heterocycles. The van der Waals surface area contributed by atoms with Gasteiger partial charge >= 0.3 is 0 Å². The molecule has 5 heterocycles. The molecule has 0 saturated carbocycles. The van der Waals surface area contributed by atoms with Crippen molar-refractivity contribution < 1.29 is 4.79 Å². The number of carbonyl (C=O) groups excluding carboxylic acids is 1. The maximum atomic E-state index is 12.9. The zero-order valence-corrected chi connectivity index (χ0v) is 18.5. The van der Waals surface area contributed by atoms with Crippen LogP contribution in [0, 0.1) is 12.8 Å². The Bertz CT molecular complexity index is 1330. The van der Waals surface area contributed by atoms with Crippen molar-refractivity contribution in [3.8, 4) is 0 Å². The number of amides is 1. The number of nitrogens with zero attached hydrogens (tertiary/aromatic N) is 6. The number of imidazole rings is 1. The molecule has 0 fully saturated rings. The second kappa shape index (κ2) is 7.99. The first-order valence-electron chi connectivity index (χ1n) is 11.5. The molecular formula is C24H26N8O. The van der Waals surface area contributed by atoms with Gasteiger partial charge in [0.25, 0.3) is 0 Å². The fraction of sp³-hybridized carbons (Fsp3) is 0.375. The minimum Gasteiger partial charge on any atom is -0.356 e. The smallest absolute Gasteiger partial charge is 0.224 e. The summed E-state index contributed by atoms with van der Waals surface area (Å²) in [5, 5.41) is 11.2. The number of benzene rings is 1. The second-order valence-electron chi connectivity index (χ2n) is 8.92. The number of aryl methyl sites for hydroxylation is 2. The van der Waals surface area contributed by atoms with Crippen LogP contribution in [0.1, 0.15) is 35.8 Å². The van der Waals surface area contributed by atoms with Gasteiger partial charge in [-0.25, -0.2) is 15.0 Å². The number of anilines is 2. The molecule has 2 aliphatic rings. The van der Waals surface area contributed by atoms with Crippen molar-refractivity contribution in [1.29, 1.82) is 0 Å². The van der Waals surface area contributed by atoms with E-state index >= 15 is 0 Å². The molecule has 2 unspecified atom stereocenters. The van der Waals surface area contributed by atoms with Crippen LogP contribution in [-0.2, 0) is 17.8 Å². The molecule has 2 N–H and O–H groups in total. The predicted octanol–water partition coefficient (Wildman–Crippen LogP) is 2.86. The zero-order chi connectivity index (χ0) is 22.4. The third kappa shape index (κ3) is 3.44. The largest absolute Gasteiger partial charge is 0.356 e.